The molecule has 0 saturated carbocycles. The highest BCUT2D eigenvalue weighted by atomic mass is 28.3. The first-order valence-electron chi connectivity index (χ1n) is 9.99. The highest BCUT2D eigenvalue weighted by Crippen LogP contribution is 2.26. The van der Waals surface area contributed by atoms with Crippen LogP contribution in [0.5, 0.6) is 11.6 Å². The first-order chi connectivity index (χ1) is 14.6. The number of pyridine rings is 2. The van der Waals surface area contributed by atoms with Crippen LogP contribution in [0.15, 0.2) is 60.9 Å². The van der Waals surface area contributed by atoms with E-state index in [1.54, 1.807) is 12.4 Å². The van der Waals surface area contributed by atoms with E-state index in [9.17, 15) is 0 Å². The van der Waals surface area contributed by atoms with E-state index < -0.39 is 0 Å². The minimum absolute atomic E-state index is 0.263. The van der Waals surface area contributed by atoms with E-state index >= 15 is 0 Å². The molecule has 0 saturated heterocycles. The Kier molecular flexibility index (Phi) is 6.20. The Morgan fingerprint density at radius 2 is 1.93 bits per heavy atom. The van der Waals surface area contributed by atoms with Crippen LogP contribution in [0.2, 0.25) is 19.1 Å². The molecular formula is C23H25N4O2Si. The third-order valence-electron chi connectivity index (χ3n) is 4.73. The average Bonchev–Trinajstić information content (AvgIpc) is 3.20. The Morgan fingerprint density at radius 1 is 1.03 bits per heavy atom. The third-order valence-corrected chi connectivity index (χ3v) is 5.94. The van der Waals surface area contributed by atoms with E-state index in [1.807, 2.05) is 60.1 Å². The average molecular weight is 418 g/mol. The van der Waals surface area contributed by atoms with Gasteiger partial charge in [0.25, 0.3) is 0 Å². The number of nitrogens with zero attached hydrogens (tertiary/aromatic N) is 4. The van der Waals surface area contributed by atoms with Gasteiger partial charge in [-0.1, -0.05) is 19.2 Å². The number of fused-ring (bicyclic) bond motifs is 1. The molecule has 0 aliphatic heterocycles. The van der Waals surface area contributed by atoms with Crippen molar-refractivity contribution in [2.75, 3.05) is 6.61 Å². The molecule has 0 aliphatic carbocycles. The van der Waals surface area contributed by atoms with E-state index in [-0.39, 0.29) is 8.80 Å². The highest BCUT2D eigenvalue weighted by molar-refractivity contribution is 6.55. The van der Waals surface area contributed by atoms with Gasteiger partial charge in [0.05, 0.1) is 11.2 Å². The summed E-state index contributed by atoms with van der Waals surface area (Å²) in [5, 5.41) is 5.41. The van der Waals surface area contributed by atoms with Gasteiger partial charge in [0.1, 0.15) is 12.5 Å². The molecule has 3 heterocycles. The van der Waals surface area contributed by atoms with Gasteiger partial charge in [-0.2, -0.15) is 5.10 Å². The summed E-state index contributed by atoms with van der Waals surface area (Å²) in [6.45, 7) is 7.78. The van der Waals surface area contributed by atoms with Crippen LogP contribution in [-0.2, 0) is 11.5 Å². The molecular weight excluding hydrogens is 392 g/mol. The fraction of sp³-hybridized carbons (Fsp3) is 0.261. The van der Waals surface area contributed by atoms with Crippen molar-refractivity contribution in [3.8, 4) is 22.9 Å². The van der Waals surface area contributed by atoms with Crippen molar-refractivity contribution in [3.63, 3.8) is 0 Å². The van der Waals surface area contributed by atoms with Crippen LogP contribution in [0.1, 0.15) is 5.69 Å². The second kappa shape index (κ2) is 9.19. The van der Waals surface area contributed by atoms with Crippen LogP contribution >= 0.6 is 0 Å². The molecule has 4 aromatic rings. The van der Waals surface area contributed by atoms with Gasteiger partial charge in [-0.3, -0.25) is 4.98 Å². The van der Waals surface area contributed by atoms with Gasteiger partial charge in [-0.05, 0) is 49.4 Å². The quantitative estimate of drug-likeness (QED) is 0.287. The summed E-state index contributed by atoms with van der Waals surface area (Å²) in [6.07, 6.45) is 3.58. The van der Waals surface area contributed by atoms with Gasteiger partial charge < -0.3 is 9.47 Å². The first kappa shape index (κ1) is 20.2. The van der Waals surface area contributed by atoms with Crippen LogP contribution in [0, 0.1) is 6.92 Å². The molecule has 1 radical (unpaired) electrons. The number of aryl methyl sites for hydroxylation is 1. The third kappa shape index (κ3) is 4.92. The Hall–Kier alpha value is -3.03. The van der Waals surface area contributed by atoms with Crippen molar-refractivity contribution in [2.45, 2.75) is 32.8 Å². The van der Waals surface area contributed by atoms with Gasteiger partial charge in [0, 0.05) is 50.5 Å². The van der Waals surface area contributed by atoms with Crippen molar-refractivity contribution < 1.29 is 9.47 Å². The molecule has 0 atom stereocenters. The molecule has 30 heavy (non-hydrogen) atoms. The maximum atomic E-state index is 5.94. The number of hydrogen-bond acceptors (Lipinski definition) is 5. The molecule has 6 nitrogen and oxygen atoms in total. The lowest BCUT2D eigenvalue weighted by atomic mass is 10.2. The van der Waals surface area contributed by atoms with E-state index in [1.165, 1.54) is 0 Å². The Bertz CT molecular complexity index is 1130. The summed E-state index contributed by atoms with van der Waals surface area (Å²) < 4.78 is 13.6. The Labute approximate surface area is 178 Å². The summed E-state index contributed by atoms with van der Waals surface area (Å²) >= 11 is 0. The lowest BCUT2D eigenvalue weighted by Crippen LogP contribution is -2.10. The van der Waals surface area contributed by atoms with Gasteiger partial charge >= 0.3 is 0 Å². The summed E-state index contributed by atoms with van der Waals surface area (Å²) in [5.74, 6) is 1.28. The maximum absolute atomic E-state index is 5.94. The van der Waals surface area contributed by atoms with Crippen LogP contribution in [0.3, 0.4) is 0 Å². The number of benzene rings is 1. The van der Waals surface area contributed by atoms with E-state index in [0.717, 1.165) is 46.3 Å². The Balaban J connectivity index is 1.43. The first-order valence-corrected chi connectivity index (χ1v) is 12.7. The lowest BCUT2D eigenvalue weighted by molar-refractivity contribution is 0.0801. The molecule has 0 aliphatic rings. The minimum atomic E-state index is -0.263. The second-order valence-corrected chi connectivity index (χ2v) is 10.4. The molecule has 0 N–H and O–H groups in total. The molecule has 4 rings (SSSR count). The molecule has 7 heteroatoms. The normalized spacial score (nSPS) is 11.3. The highest BCUT2D eigenvalue weighted by Gasteiger charge is 2.08. The van der Waals surface area contributed by atoms with Crippen LogP contribution in [0.25, 0.3) is 22.2 Å². The zero-order valence-corrected chi connectivity index (χ0v) is 18.5. The number of aromatic nitrogens is 4. The summed E-state index contributed by atoms with van der Waals surface area (Å²) in [5.41, 5.74) is 3.90. The predicted octanol–water partition coefficient (Wildman–Crippen LogP) is 5.32. The predicted molar refractivity (Wildman–Crippen MR) is 120 cm³/mol. The van der Waals surface area contributed by atoms with E-state index in [2.05, 4.69) is 28.2 Å². The molecule has 1 aromatic carbocycles. The molecule has 0 unspecified atom stereocenters. The Morgan fingerprint density at radius 3 is 2.73 bits per heavy atom. The second-order valence-electron chi connectivity index (χ2n) is 7.50. The molecule has 0 fully saturated rings. The molecule has 3 aromatic heterocycles. The van der Waals surface area contributed by atoms with Crippen LogP contribution < -0.4 is 4.74 Å². The molecule has 153 valence electrons. The van der Waals surface area contributed by atoms with Crippen LogP contribution in [-0.4, -0.2) is 35.2 Å². The monoisotopic (exact) mass is 417 g/mol. The molecule has 0 spiro atoms. The van der Waals surface area contributed by atoms with Crippen molar-refractivity contribution in [1.29, 1.82) is 0 Å². The lowest BCUT2D eigenvalue weighted by Gasteiger charge is -2.10. The van der Waals surface area contributed by atoms with Crippen molar-refractivity contribution in [2.24, 2.45) is 0 Å². The SMILES string of the molecule is Cc1ccc2cc(Oc3ccc(-c4ccnn4COCC[Si](C)C)cn3)ccc2n1. The molecule has 0 amide bonds. The summed E-state index contributed by atoms with van der Waals surface area (Å²) in [4.78, 5) is 8.99. The standard InChI is InChI=1S/C23H25N4O2Si/c1-17-4-5-18-14-20(7-8-21(18)26-17)29-23-9-6-19(15-24-23)22-10-11-25-27(22)16-28-12-13-30(2)3/h4-11,14-15H,12-13,16H2,1-3H3. The van der Waals surface area contributed by atoms with E-state index in [4.69, 9.17) is 9.47 Å². The van der Waals surface area contributed by atoms with Gasteiger partial charge in [0.2, 0.25) is 5.88 Å². The smallest absolute Gasteiger partial charge is 0.219 e. The largest absolute Gasteiger partial charge is 0.439 e. The van der Waals surface area contributed by atoms with Gasteiger partial charge in [-0.15, -0.1) is 0 Å². The zero-order chi connectivity index (χ0) is 20.9. The fourth-order valence-electron chi connectivity index (χ4n) is 3.09. The van der Waals surface area contributed by atoms with Gasteiger partial charge in [0.15, 0.2) is 0 Å². The zero-order valence-electron chi connectivity index (χ0n) is 17.5. The number of hydrogen-bond donors (Lipinski definition) is 0. The minimum Gasteiger partial charge on any atom is -0.439 e. The summed E-state index contributed by atoms with van der Waals surface area (Å²) in [6, 6.07) is 16.9. The van der Waals surface area contributed by atoms with Crippen molar-refractivity contribution in [1.82, 2.24) is 19.7 Å². The maximum Gasteiger partial charge on any atom is 0.219 e. The number of ether oxygens (including phenoxy) is 2. The fourth-order valence-corrected chi connectivity index (χ4v) is 3.64. The topological polar surface area (TPSA) is 62.1 Å². The van der Waals surface area contributed by atoms with Gasteiger partial charge in [-0.25, -0.2) is 9.67 Å². The van der Waals surface area contributed by atoms with Crippen molar-refractivity contribution in [3.05, 3.63) is 66.6 Å². The number of rotatable bonds is 8. The summed E-state index contributed by atoms with van der Waals surface area (Å²) in [7, 11) is -0.263. The van der Waals surface area contributed by atoms with E-state index in [0.29, 0.717) is 12.6 Å². The van der Waals surface area contributed by atoms with Crippen molar-refractivity contribution >= 4 is 19.7 Å². The molecule has 0 bridgehead atoms. The van der Waals surface area contributed by atoms with Crippen LogP contribution in [0.4, 0.5) is 0 Å².